The van der Waals surface area contributed by atoms with Gasteiger partial charge in [0, 0.05) is 0 Å². The molecular weight excluding hydrogens is 172 g/mol. The molecule has 2 saturated heterocycles. The molecule has 4 nitrogen and oxygen atoms in total. The van der Waals surface area contributed by atoms with E-state index in [1.807, 2.05) is 0 Å². The molecule has 0 spiro atoms. The van der Waals surface area contributed by atoms with Gasteiger partial charge in [0.15, 0.2) is 11.9 Å². The summed E-state index contributed by atoms with van der Waals surface area (Å²) in [5.74, 6) is -1.06. The summed E-state index contributed by atoms with van der Waals surface area (Å²) in [5, 5.41) is 0. The average molecular weight is 184 g/mol. The van der Waals surface area contributed by atoms with Crippen molar-refractivity contribution >= 4 is 5.97 Å². The van der Waals surface area contributed by atoms with Crippen molar-refractivity contribution in [1.29, 1.82) is 0 Å². The maximum atomic E-state index is 11.2. The van der Waals surface area contributed by atoms with E-state index in [1.54, 1.807) is 19.9 Å². The maximum absolute atomic E-state index is 11.2. The van der Waals surface area contributed by atoms with E-state index in [0.29, 0.717) is 0 Å². The molecule has 4 heteroatoms. The summed E-state index contributed by atoms with van der Waals surface area (Å²) in [7, 11) is 0. The fourth-order valence-electron chi connectivity index (χ4n) is 1.66. The predicted octanol–water partition coefficient (Wildman–Crippen LogP) is 0.618. The van der Waals surface area contributed by atoms with Crippen molar-refractivity contribution in [3.8, 4) is 0 Å². The van der Waals surface area contributed by atoms with E-state index in [2.05, 4.69) is 6.58 Å². The number of hydrogen-bond acceptors (Lipinski definition) is 4. The van der Waals surface area contributed by atoms with E-state index in [9.17, 15) is 4.79 Å². The van der Waals surface area contributed by atoms with Crippen LogP contribution in [0.15, 0.2) is 12.7 Å². The summed E-state index contributed by atoms with van der Waals surface area (Å²) in [4.78, 5) is 11.2. The number of hydrogen-bond donors (Lipinski definition) is 0. The van der Waals surface area contributed by atoms with Crippen LogP contribution in [-0.4, -0.2) is 30.1 Å². The van der Waals surface area contributed by atoms with Crippen LogP contribution in [0.5, 0.6) is 0 Å². The van der Waals surface area contributed by atoms with E-state index in [1.165, 1.54) is 0 Å². The Hall–Kier alpha value is -0.870. The van der Waals surface area contributed by atoms with Crippen molar-refractivity contribution in [2.75, 3.05) is 0 Å². The number of cyclic esters (lactones) is 1. The van der Waals surface area contributed by atoms with Gasteiger partial charge in [-0.05, 0) is 19.9 Å². The number of carbonyl (C=O) groups excluding carboxylic acids is 1. The van der Waals surface area contributed by atoms with Gasteiger partial charge in [0.1, 0.15) is 12.2 Å². The lowest BCUT2D eigenvalue weighted by Gasteiger charge is -2.19. The highest BCUT2D eigenvalue weighted by Gasteiger charge is 2.54. The number of esters is 1. The standard InChI is InChI=1S/C9H12O4/c1-4-5-6-7(8(10)11-5)13-9(2,3)12-6/h4-7H,1H2,2-3H3/t5-,6+,7+/m0/s1. The number of rotatable bonds is 1. The maximum Gasteiger partial charge on any atom is 0.339 e. The smallest absolute Gasteiger partial charge is 0.339 e. The second kappa shape index (κ2) is 2.56. The Morgan fingerprint density at radius 3 is 2.77 bits per heavy atom. The van der Waals surface area contributed by atoms with Crippen molar-refractivity contribution in [1.82, 2.24) is 0 Å². The zero-order valence-electron chi connectivity index (χ0n) is 7.65. The van der Waals surface area contributed by atoms with E-state index >= 15 is 0 Å². The molecule has 0 unspecified atom stereocenters. The van der Waals surface area contributed by atoms with Crippen LogP contribution in [0.1, 0.15) is 13.8 Å². The summed E-state index contributed by atoms with van der Waals surface area (Å²) >= 11 is 0. The lowest BCUT2D eigenvalue weighted by molar-refractivity contribution is -0.183. The van der Waals surface area contributed by atoms with Gasteiger partial charge in [-0.15, -0.1) is 0 Å². The molecule has 3 atom stereocenters. The van der Waals surface area contributed by atoms with Crippen LogP contribution in [0.2, 0.25) is 0 Å². The molecule has 0 aromatic carbocycles. The first kappa shape index (κ1) is 8.72. The molecule has 0 aromatic heterocycles. The zero-order valence-corrected chi connectivity index (χ0v) is 7.65. The molecule has 0 bridgehead atoms. The van der Waals surface area contributed by atoms with Crippen molar-refractivity contribution in [2.45, 2.75) is 37.9 Å². The summed E-state index contributed by atoms with van der Waals surface area (Å²) < 4.78 is 15.8. The van der Waals surface area contributed by atoms with E-state index in [0.717, 1.165) is 0 Å². The highest BCUT2D eigenvalue weighted by atomic mass is 16.8. The number of fused-ring (bicyclic) bond motifs is 1. The van der Waals surface area contributed by atoms with Gasteiger partial charge < -0.3 is 14.2 Å². The third kappa shape index (κ3) is 1.26. The minimum absolute atomic E-state index is 0.333. The van der Waals surface area contributed by atoms with Gasteiger partial charge in [-0.25, -0.2) is 4.79 Å². The van der Waals surface area contributed by atoms with E-state index < -0.39 is 11.9 Å². The Bertz CT molecular complexity index is 258. The highest BCUT2D eigenvalue weighted by molar-refractivity contribution is 5.79. The van der Waals surface area contributed by atoms with Crippen LogP contribution in [0.3, 0.4) is 0 Å². The summed E-state index contributed by atoms with van der Waals surface area (Å²) in [5.41, 5.74) is 0. The first-order chi connectivity index (χ1) is 6.03. The van der Waals surface area contributed by atoms with Crippen LogP contribution in [-0.2, 0) is 19.0 Å². The minimum atomic E-state index is -0.698. The van der Waals surface area contributed by atoms with Gasteiger partial charge in [0.25, 0.3) is 0 Å². The number of ether oxygens (including phenoxy) is 3. The average Bonchev–Trinajstić information content (AvgIpc) is 2.47. The van der Waals surface area contributed by atoms with Gasteiger partial charge in [-0.2, -0.15) is 0 Å². The largest absolute Gasteiger partial charge is 0.453 e. The Labute approximate surface area is 76.5 Å². The van der Waals surface area contributed by atoms with Crippen LogP contribution < -0.4 is 0 Å². The zero-order chi connectivity index (χ0) is 9.64. The Kier molecular flexibility index (Phi) is 1.72. The van der Waals surface area contributed by atoms with Gasteiger partial charge in [-0.3, -0.25) is 0 Å². The molecule has 0 aromatic rings. The molecule has 0 amide bonds. The van der Waals surface area contributed by atoms with Gasteiger partial charge in [0.05, 0.1) is 0 Å². The molecule has 2 heterocycles. The Morgan fingerprint density at radius 2 is 2.15 bits per heavy atom. The van der Waals surface area contributed by atoms with Crippen molar-refractivity contribution < 1.29 is 19.0 Å². The molecule has 2 rings (SSSR count). The molecule has 0 radical (unpaired) electrons. The van der Waals surface area contributed by atoms with Gasteiger partial charge in [-0.1, -0.05) is 6.58 Å². The Balaban J connectivity index is 2.22. The van der Waals surface area contributed by atoms with E-state index in [-0.39, 0.29) is 18.2 Å². The second-order valence-corrected chi connectivity index (χ2v) is 3.66. The third-order valence-corrected chi connectivity index (χ3v) is 2.17. The minimum Gasteiger partial charge on any atom is -0.453 e. The lowest BCUT2D eigenvalue weighted by Crippen LogP contribution is -2.27. The molecule has 2 aliphatic rings. The first-order valence-corrected chi connectivity index (χ1v) is 4.22. The molecular formula is C9H12O4. The van der Waals surface area contributed by atoms with Gasteiger partial charge >= 0.3 is 5.97 Å². The van der Waals surface area contributed by atoms with Crippen LogP contribution >= 0.6 is 0 Å². The molecule has 2 aliphatic heterocycles. The first-order valence-electron chi connectivity index (χ1n) is 4.22. The SMILES string of the molecule is C=C[C@@H]1OC(=O)[C@@H]2OC(C)(C)O[C@H]12. The third-order valence-electron chi connectivity index (χ3n) is 2.17. The fourth-order valence-corrected chi connectivity index (χ4v) is 1.66. The predicted molar refractivity (Wildman–Crippen MR) is 43.9 cm³/mol. The molecule has 13 heavy (non-hydrogen) atoms. The monoisotopic (exact) mass is 184 g/mol. The fraction of sp³-hybridized carbons (Fsp3) is 0.667. The molecule has 72 valence electrons. The topological polar surface area (TPSA) is 44.8 Å². The molecule has 0 N–H and O–H groups in total. The quantitative estimate of drug-likeness (QED) is 0.442. The molecule has 0 aliphatic carbocycles. The summed E-state index contributed by atoms with van der Waals surface area (Å²) in [6.45, 7) is 7.13. The lowest BCUT2D eigenvalue weighted by atomic mass is 10.1. The summed E-state index contributed by atoms with van der Waals surface area (Å²) in [6, 6.07) is 0. The van der Waals surface area contributed by atoms with Crippen molar-refractivity contribution in [2.24, 2.45) is 0 Å². The summed E-state index contributed by atoms with van der Waals surface area (Å²) in [6.07, 6.45) is 0.269. The van der Waals surface area contributed by atoms with Crippen LogP contribution in [0, 0.1) is 0 Å². The van der Waals surface area contributed by atoms with E-state index in [4.69, 9.17) is 14.2 Å². The molecule has 0 saturated carbocycles. The normalized spacial score (nSPS) is 41.4. The van der Waals surface area contributed by atoms with Crippen LogP contribution in [0.25, 0.3) is 0 Å². The second-order valence-electron chi connectivity index (χ2n) is 3.66. The van der Waals surface area contributed by atoms with Crippen molar-refractivity contribution in [3.63, 3.8) is 0 Å². The highest BCUT2D eigenvalue weighted by Crippen LogP contribution is 2.36. The van der Waals surface area contributed by atoms with Crippen LogP contribution in [0.4, 0.5) is 0 Å². The Morgan fingerprint density at radius 1 is 1.46 bits per heavy atom. The molecule has 2 fully saturated rings. The number of carbonyl (C=O) groups is 1. The van der Waals surface area contributed by atoms with Crippen molar-refractivity contribution in [3.05, 3.63) is 12.7 Å². The van der Waals surface area contributed by atoms with Gasteiger partial charge in [0.2, 0.25) is 0 Å².